The molecule has 1 aromatic heterocycles. The minimum absolute atomic E-state index is 0.258. The van der Waals surface area contributed by atoms with E-state index in [1.54, 1.807) is 50.2 Å². The highest BCUT2D eigenvalue weighted by Crippen LogP contribution is 2.39. The van der Waals surface area contributed by atoms with Crippen LogP contribution in [0.2, 0.25) is 0 Å². The molecule has 0 saturated carbocycles. The van der Waals surface area contributed by atoms with E-state index >= 15 is 0 Å². The molecule has 0 unspecified atom stereocenters. The van der Waals surface area contributed by atoms with Gasteiger partial charge < -0.3 is 29.0 Å². The van der Waals surface area contributed by atoms with Gasteiger partial charge in [0.15, 0.2) is 17.6 Å². The fourth-order valence-corrected chi connectivity index (χ4v) is 5.90. The van der Waals surface area contributed by atoms with Crippen LogP contribution in [0.1, 0.15) is 63.4 Å². The molecule has 11 nitrogen and oxygen atoms in total. The first-order chi connectivity index (χ1) is 20.8. The average molecular weight is 610 g/mol. The van der Waals surface area contributed by atoms with Crippen molar-refractivity contribution in [2.75, 3.05) is 33.3 Å². The maximum atomic E-state index is 13.1. The maximum absolute atomic E-state index is 13.1. The molecule has 228 valence electrons. The Morgan fingerprint density at radius 2 is 1.67 bits per heavy atom. The summed E-state index contributed by atoms with van der Waals surface area (Å²) >= 11 is 1.43. The summed E-state index contributed by atoms with van der Waals surface area (Å²) < 4.78 is 27.0. The van der Waals surface area contributed by atoms with Gasteiger partial charge in [0, 0.05) is 16.0 Å². The average Bonchev–Trinajstić information content (AvgIpc) is 3.38. The number of methoxy groups -OCH3 is 3. The zero-order valence-electron chi connectivity index (χ0n) is 24.8. The van der Waals surface area contributed by atoms with Crippen molar-refractivity contribution in [3.8, 4) is 23.0 Å². The molecule has 12 heteroatoms. The van der Waals surface area contributed by atoms with Crippen molar-refractivity contribution in [1.29, 1.82) is 0 Å². The SMILES string of the molecule is CCOC(=O)c1c(NC(=O)c2ccc(O[C@@H](C)C(=O)N/N=C\c3cc(OC)c(OC)c(OC)c3)cc2)sc2c1CCCC2. The molecule has 0 bridgehead atoms. The summed E-state index contributed by atoms with van der Waals surface area (Å²) in [6, 6.07) is 9.77. The van der Waals surface area contributed by atoms with Gasteiger partial charge in [-0.1, -0.05) is 0 Å². The fourth-order valence-electron chi connectivity index (χ4n) is 4.63. The van der Waals surface area contributed by atoms with Crippen LogP contribution in [0.5, 0.6) is 23.0 Å². The number of benzene rings is 2. The Labute approximate surface area is 254 Å². The van der Waals surface area contributed by atoms with Crippen molar-refractivity contribution in [3.05, 3.63) is 63.5 Å². The Kier molecular flexibility index (Phi) is 10.6. The van der Waals surface area contributed by atoms with Crippen LogP contribution in [0.4, 0.5) is 5.00 Å². The fraction of sp³-hybridized carbons (Fsp3) is 0.355. The third-order valence-corrected chi connectivity index (χ3v) is 7.96. The Bertz CT molecular complexity index is 1470. The number of carbonyl (C=O) groups excluding carboxylic acids is 3. The second-order valence-corrected chi connectivity index (χ2v) is 10.7. The van der Waals surface area contributed by atoms with Gasteiger partial charge in [0.1, 0.15) is 10.8 Å². The maximum Gasteiger partial charge on any atom is 0.341 e. The number of anilines is 1. The van der Waals surface area contributed by atoms with Crippen LogP contribution in [0, 0.1) is 0 Å². The number of nitrogens with zero attached hydrogens (tertiary/aromatic N) is 1. The Morgan fingerprint density at radius 1 is 1.00 bits per heavy atom. The summed E-state index contributed by atoms with van der Waals surface area (Å²) in [7, 11) is 4.53. The van der Waals surface area contributed by atoms with Crippen LogP contribution in [-0.2, 0) is 22.4 Å². The molecule has 3 aromatic rings. The van der Waals surface area contributed by atoms with Crippen molar-refractivity contribution >= 4 is 40.3 Å². The first-order valence-electron chi connectivity index (χ1n) is 13.8. The molecule has 1 atom stereocenters. The summed E-state index contributed by atoms with van der Waals surface area (Å²) in [5.41, 5.74) is 4.88. The van der Waals surface area contributed by atoms with E-state index in [0.717, 1.165) is 36.1 Å². The van der Waals surface area contributed by atoms with Gasteiger partial charge in [-0.05, 0) is 81.5 Å². The van der Waals surface area contributed by atoms with Crippen LogP contribution < -0.4 is 29.7 Å². The number of carbonyl (C=O) groups is 3. The summed E-state index contributed by atoms with van der Waals surface area (Å²) in [4.78, 5) is 39.4. The smallest absolute Gasteiger partial charge is 0.341 e. The number of hydrogen-bond donors (Lipinski definition) is 2. The molecule has 0 radical (unpaired) electrons. The largest absolute Gasteiger partial charge is 0.493 e. The Hall–Kier alpha value is -4.58. The molecule has 1 aliphatic rings. The van der Waals surface area contributed by atoms with Crippen molar-refractivity contribution in [2.45, 2.75) is 45.6 Å². The third kappa shape index (κ3) is 7.44. The standard InChI is InChI=1S/C31H35N3O8S/c1-6-41-31(37)26-22-9-7-8-10-25(22)43-30(26)33-29(36)20-11-13-21(14-12-20)42-18(2)28(35)34-32-17-19-15-23(38-3)27(40-5)24(16-19)39-4/h11-18H,6-10H2,1-5H3,(H,33,36)(H,34,35)/b32-17-/t18-/m0/s1. The van der Waals surface area contributed by atoms with Gasteiger partial charge in [-0.2, -0.15) is 5.10 Å². The number of thiophene rings is 1. The Morgan fingerprint density at radius 3 is 2.30 bits per heavy atom. The summed E-state index contributed by atoms with van der Waals surface area (Å²) in [5, 5.41) is 7.40. The number of fused-ring (bicyclic) bond motifs is 1. The van der Waals surface area contributed by atoms with E-state index in [0.29, 0.717) is 44.7 Å². The zero-order chi connectivity index (χ0) is 30.9. The molecule has 0 fully saturated rings. The topological polar surface area (TPSA) is 134 Å². The number of aryl methyl sites for hydroxylation is 1. The van der Waals surface area contributed by atoms with Crippen LogP contribution in [0.25, 0.3) is 0 Å². The molecular formula is C31H35N3O8S. The normalized spacial score (nSPS) is 13.0. The van der Waals surface area contributed by atoms with Gasteiger partial charge in [0.25, 0.3) is 11.8 Å². The molecule has 0 saturated heterocycles. The van der Waals surface area contributed by atoms with E-state index in [1.165, 1.54) is 38.9 Å². The number of nitrogens with one attached hydrogen (secondary N) is 2. The van der Waals surface area contributed by atoms with E-state index in [1.807, 2.05) is 0 Å². The number of hydrogen-bond acceptors (Lipinski definition) is 10. The molecule has 2 N–H and O–H groups in total. The molecule has 1 heterocycles. The van der Waals surface area contributed by atoms with Gasteiger partial charge in [0.2, 0.25) is 5.75 Å². The number of amides is 2. The minimum atomic E-state index is -0.874. The second-order valence-electron chi connectivity index (χ2n) is 9.57. The summed E-state index contributed by atoms with van der Waals surface area (Å²) in [6.45, 7) is 3.60. The van der Waals surface area contributed by atoms with E-state index in [-0.39, 0.29) is 12.5 Å². The lowest BCUT2D eigenvalue weighted by atomic mass is 9.95. The third-order valence-electron chi connectivity index (χ3n) is 6.75. The monoisotopic (exact) mass is 609 g/mol. The lowest BCUT2D eigenvalue weighted by Gasteiger charge is -2.14. The highest BCUT2D eigenvalue weighted by molar-refractivity contribution is 7.17. The zero-order valence-corrected chi connectivity index (χ0v) is 25.6. The Balaban J connectivity index is 1.36. The van der Waals surface area contributed by atoms with Gasteiger partial charge in [-0.15, -0.1) is 11.3 Å². The van der Waals surface area contributed by atoms with Crippen LogP contribution in [0.15, 0.2) is 41.5 Å². The minimum Gasteiger partial charge on any atom is -0.493 e. The number of rotatable bonds is 12. The van der Waals surface area contributed by atoms with Crippen molar-refractivity contribution in [2.24, 2.45) is 5.10 Å². The quantitative estimate of drug-likeness (QED) is 0.167. The van der Waals surface area contributed by atoms with Gasteiger partial charge in [-0.3, -0.25) is 9.59 Å². The van der Waals surface area contributed by atoms with Crippen LogP contribution in [-0.4, -0.2) is 58.0 Å². The van der Waals surface area contributed by atoms with Crippen LogP contribution in [0.3, 0.4) is 0 Å². The number of esters is 1. The molecule has 43 heavy (non-hydrogen) atoms. The molecule has 4 rings (SSSR count). The number of hydrazone groups is 1. The molecular weight excluding hydrogens is 574 g/mol. The van der Waals surface area contributed by atoms with Crippen molar-refractivity contribution in [1.82, 2.24) is 5.43 Å². The summed E-state index contributed by atoms with van der Waals surface area (Å²) in [6.07, 6.45) is 4.31. The summed E-state index contributed by atoms with van der Waals surface area (Å²) in [5.74, 6) is 0.507. The van der Waals surface area contributed by atoms with Gasteiger partial charge in [-0.25, -0.2) is 10.2 Å². The van der Waals surface area contributed by atoms with E-state index in [9.17, 15) is 14.4 Å². The molecule has 2 amide bonds. The molecule has 1 aliphatic carbocycles. The first kappa shape index (κ1) is 31.4. The first-order valence-corrected chi connectivity index (χ1v) is 14.6. The highest BCUT2D eigenvalue weighted by Gasteiger charge is 2.27. The predicted octanol–water partition coefficient (Wildman–Crippen LogP) is 5.00. The van der Waals surface area contributed by atoms with E-state index in [2.05, 4.69) is 15.8 Å². The number of ether oxygens (including phenoxy) is 5. The molecule has 0 spiro atoms. The highest BCUT2D eigenvalue weighted by atomic mass is 32.1. The van der Waals surface area contributed by atoms with Gasteiger partial charge in [0.05, 0.1) is 39.7 Å². The molecule has 0 aliphatic heterocycles. The van der Waals surface area contributed by atoms with E-state index < -0.39 is 18.0 Å². The second kappa shape index (κ2) is 14.5. The predicted molar refractivity (Wildman–Crippen MR) is 163 cm³/mol. The van der Waals surface area contributed by atoms with Crippen molar-refractivity contribution in [3.63, 3.8) is 0 Å². The van der Waals surface area contributed by atoms with Crippen molar-refractivity contribution < 1.29 is 38.1 Å². The lowest BCUT2D eigenvalue weighted by Crippen LogP contribution is -2.33. The molecule has 2 aromatic carbocycles. The van der Waals surface area contributed by atoms with E-state index in [4.69, 9.17) is 23.7 Å². The lowest BCUT2D eigenvalue weighted by molar-refractivity contribution is -0.127. The van der Waals surface area contributed by atoms with Crippen LogP contribution >= 0.6 is 11.3 Å². The van der Waals surface area contributed by atoms with Gasteiger partial charge >= 0.3 is 5.97 Å².